The SMILES string of the molecule is CCCC(SCCCCCCF)C(=O)OCC(C)C. The maximum Gasteiger partial charge on any atom is 0.319 e. The average Bonchev–Trinajstić information content (AvgIpc) is 2.38. The highest BCUT2D eigenvalue weighted by molar-refractivity contribution is 8.00. The van der Waals surface area contributed by atoms with Crippen LogP contribution < -0.4 is 0 Å². The molecule has 0 aromatic rings. The highest BCUT2D eigenvalue weighted by atomic mass is 32.2. The predicted molar refractivity (Wildman–Crippen MR) is 81.4 cm³/mol. The Labute approximate surface area is 121 Å². The summed E-state index contributed by atoms with van der Waals surface area (Å²) in [6, 6.07) is 0. The van der Waals surface area contributed by atoms with Crippen LogP contribution in [0.5, 0.6) is 0 Å². The molecule has 0 bridgehead atoms. The third-order valence-electron chi connectivity index (χ3n) is 2.72. The summed E-state index contributed by atoms with van der Waals surface area (Å²) in [5, 5.41) is -0.0232. The molecule has 2 nitrogen and oxygen atoms in total. The van der Waals surface area contributed by atoms with Gasteiger partial charge in [0.25, 0.3) is 0 Å². The van der Waals surface area contributed by atoms with Crippen LogP contribution in [0.2, 0.25) is 0 Å². The number of unbranched alkanes of at least 4 members (excludes halogenated alkanes) is 3. The minimum Gasteiger partial charge on any atom is -0.465 e. The van der Waals surface area contributed by atoms with Crippen molar-refractivity contribution >= 4 is 17.7 Å². The van der Waals surface area contributed by atoms with E-state index in [1.165, 1.54) is 0 Å². The van der Waals surface area contributed by atoms with Crippen molar-refractivity contribution in [3.8, 4) is 0 Å². The second kappa shape index (κ2) is 12.8. The predicted octanol–water partition coefficient (Wildman–Crippen LogP) is 4.62. The van der Waals surface area contributed by atoms with Gasteiger partial charge in [-0.25, -0.2) is 0 Å². The number of carbonyl (C=O) groups is 1. The Balaban J connectivity index is 3.80. The van der Waals surface area contributed by atoms with Gasteiger partial charge < -0.3 is 4.74 Å². The summed E-state index contributed by atoms with van der Waals surface area (Å²) in [5.74, 6) is 1.29. The molecule has 0 aliphatic carbocycles. The van der Waals surface area contributed by atoms with Crippen LogP contribution in [0.3, 0.4) is 0 Å². The van der Waals surface area contributed by atoms with Gasteiger partial charge in [-0.1, -0.05) is 40.0 Å². The van der Waals surface area contributed by atoms with Gasteiger partial charge in [0.05, 0.1) is 13.3 Å². The van der Waals surface area contributed by atoms with E-state index in [4.69, 9.17) is 4.74 Å². The van der Waals surface area contributed by atoms with Crippen LogP contribution in [0, 0.1) is 5.92 Å². The highest BCUT2D eigenvalue weighted by Crippen LogP contribution is 2.20. The van der Waals surface area contributed by atoms with Crippen molar-refractivity contribution in [1.82, 2.24) is 0 Å². The zero-order chi connectivity index (χ0) is 14.5. The van der Waals surface area contributed by atoms with Gasteiger partial charge in [-0.3, -0.25) is 9.18 Å². The first-order valence-electron chi connectivity index (χ1n) is 7.46. The number of alkyl halides is 1. The van der Waals surface area contributed by atoms with E-state index in [0.29, 0.717) is 18.9 Å². The van der Waals surface area contributed by atoms with Crippen molar-refractivity contribution in [3.63, 3.8) is 0 Å². The van der Waals surface area contributed by atoms with Gasteiger partial charge in [-0.05, 0) is 30.9 Å². The second-order valence-corrected chi connectivity index (χ2v) is 6.59. The van der Waals surface area contributed by atoms with Gasteiger partial charge in [0.2, 0.25) is 0 Å². The summed E-state index contributed by atoms with van der Waals surface area (Å²) >= 11 is 1.70. The first kappa shape index (κ1) is 18.8. The lowest BCUT2D eigenvalue weighted by Crippen LogP contribution is -2.22. The number of esters is 1. The van der Waals surface area contributed by atoms with Gasteiger partial charge in [0.15, 0.2) is 0 Å². The molecular weight excluding hydrogens is 263 g/mol. The lowest BCUT2D eigenvalue weighted by Gasteiger charge is -2.16. The smallest absolute Gasteiger partial charge is 0.319 e. The van der Waals surface area contributed by atoms with Crippen molar-refractivity contribution in [2.45, 2.75) is 64.5 Å². The largest absolute Gasteiger partial charge is 0.465 e. The molecule has 0 aromatic carbocycles. The Kier molecular flexibility index (Phi) is 12.6. The summed E-state index contributed by atoms with van der Waals surface area (Å²) < 4.78 is 17.2. The Bertz CT molecular complexity index is 222. The zero-order valence-corrected chi connectivity index (χ0v) is 13.4. The van der Waals surface area contributed by atoms with E-state index in [-0.39, 0.29) is 17.9 Å². The molecule has 0 spiro atoms. The van der Waals surface area contributed by atoms with Gasteiger partial charge in [0.1, 0.15) is 5.25 Å². The van der Waals surface area contributed by atoms with E-state index in [2.05, 4.69) is 6.92 Å². The minimum atomic E-state index is -0.215. The molecule has 0 saturated carbocycles. The number of hydrogen-bond donors (Lipinski definition) is 0. The molecule has 0 rings (SSSR count). The van der Waals surface area contributed by atoms with Gasteiger partial charge >= 0.3 is 5.97 Å². The molecule has 4 heteroatoms. The summed E-state index contributed by atoms with van der Waals surface area (Å²) in [5.41, 5.74) is 0. The molecule has 0 saturated heterocycles. The molecular formula is C15H29FO2S. The van der Waals surface area contributed by atoms with Crippen LogP contribution in [-0.2, 0) is 9.53 Å². The molecule has 114 valence electrons. The van der Waals surface area contributed by atoms with Crippen molar-refractivity contribution in [3.05, 3.63) is 0 Å². The molecule has 0 aromatic heterocycles. The molecule has 0 amide bonds. The van der Waals surface area contributed by atoms with Crippen LogP contribution in [0.1, 0.15) is 59.3 Å². The quantitative estimate of drug-likeness (QED) is 0.388. The van der Waals surface area contributed by atoms with Crippen molar-refractivity contribution < 1.29 is 13.9 Å². The van der Waals surface area contributed by atoms with Gasteiger partial charge in [0, 0.05) is 0 Å². The highest BCUT2D eigenvalue weighted by Gasteiger charge is 2.19. The normalized spacial score (nSPS) is 12.7. The lowest BCUT2D eigenvalue weighted by atomic mass is 10.2. The van der Waals surface area contributed by atoms with Crippen LogP contribution in [-0.4, -0.2) is 30.3 Å². The van der Waals surface area contributed by atoms with Crippen LogP contribution in [0.4, 0.5) is 4.39 Å². The van der Waals surface area contributed by atoms with Crippen molar-refractivity contribution in [2.75, 3.05) is 19.0 Å². The molecule has 19 heavy (non-hydrogen) atoms. The Hall–Kier alpha value is -0.250. The van der Waals surface area contributed by atoms with Crippen molar-refractivity contribution in [2.24, 2.45) is 5.92 Å². The molecule has 1 atom stereocenters. The number of ether oxygens (including phenoxy) is 1. The van der Waals surface area contributed by atoms with E-state index in [9.17, 15) is 9.18 Å². The van der Waals surface area contributed by atoms with Gasteiger partial charge in [-0.2, -0.15) is 0 Å². The number of hydrogen-bond acceptors (Lipinski definition) is 3. The fourth-order valence-corrected chi connectivity index (χ4v) is 2.91. The Morgan fingerprint density at radius 1 is 1.21 bits per heavy atom. The average molecular weight is 292 g/mol. The maximum absolute atomic E-state index is 11.9. The number of carbonyl (C=O) groups excluding carboxylic acids is 1. The fourth-order valence-electron chi connectivity index (χ4n) is 1.65. The summed E-state index contributed by atoms with van der Waals surface area (Å²) in [4.78, 5) is 11.9. The number of thioether (sulfide) groups is 1. The lowest BCUT2D eigenvalue weighted by molar-refractivity contribution is -0.144. The van der Waals surface area contributed by atoms with E-state index in [1.54, 1.807) is 11.8 Å². The standard InChI is InChI=1S/C15H29FO2S/c1-4-9-14(15(17)18-12-13(2)3)19-11-8-6-5-7-10-16/h13-14H,4-12H2,1-3H3. The topological polar surface area (TPSA) is 26.3 Å². The van der Waals surface area contributed by atoms with Crippen LogP contribution >= 0.6 is 11.8 Å². The zero-order valence-electron chi connectivity index (χ0n) is 12.6. The summed E-state index contributed by atoms with van der Waals surface area (Å²) in [6.07, 6.45) is 5.61. The van der Waals surface area contributed by atoms with E-state index >= 15 is 0 Å². The van der Waals surface area contributed by atoms with Crippen molar-refractivity contribution in [1.29, 1.82) is 0 Å². The van der Waals surface area contributed by atoms with E-state index < -0.39 is 0 Å². The summed E-state index contributed by atoms with van der Waals surface area (Å²) in [6.45, 7) is 6.47. The number of rotatable bonds is 12. The van der Waals surface area contributed by atoms with Gasteiger partial charge in [-0.15, -0.1) is 11.8 Å². The first-order chi connectivity index (χ1) is 9.11. The summed E-state index contributed by atoms with van der Waals surface area (Å²) in [7, 11) is 0. The monoisotopic (exact) mass is 292 g/mol. The van der Waals surface area contributed by atoms with Crippen LogP contribution in [0.15, 0.2) is 0 Å². The number of halogens is 1. The Morgan fingerprint density at radius 3 is 2.47 bits per heavy atom. The minimum absolute atomic E-state index is 0.0232. The molecule has 0 aliphatic rings. The molecule has 0 aliphatic heterocycles. The van der Waals surface area contributed by atoms with E-state index in [1.807, 2.05) is 13.8 Å². The van der Waals surface area contributed by atoms with Crippen LogP contribution in [0.25, 0.3) is 0 Å². The fraction of sp³-hybridized carbons (Fsp3) is 0.933. The molecule has 0 radical (unpaired) electrons. The Morgan fingerprint density at radius 2 is 1.89 bits per heavy atom. The first-order valence-corrected chi connectivity index (χ1v) is 8.50. The third kappa shape index (κ3) is 11.3. The second-order valence-electron chi connectivity index (χ2n) is 5.28. The molecule has 0 heterocycles. The molecule has 1 unspecified atom stereocenters. The molecule has 0 N–H and O–H groups in total. The maximum atomic E-state index is 11.9. The molecule has 0 fully saturated rings. The third-order valence-corrected chi connectivity index (χ3v) is 4.07. The van der Waals surface area contributed by atoms with E-state index in [0.717, 1.165) is 37.9 Å².